The van der Waals surface area contributed by atoms with Gasteiger partial charge in [0.2, 0.25) is 0 Å². The molecule has 118 valence electrons. The Morgan fingerprint density at radius 3 is 2.39 bits per heavy atom. The molecule has 0 saturated heterocycles. The number of benzene rings is 2. The number of esters is 1. The molecule has 0 radical (unpaired) electrons. The van der Waals surface area contributed by atoms with Crippen molar-refractivity contribution in [3.63, 3.8) is 0 Å². The van der Waals surface area contributed by atoms with E-state index in [9.17, 15) is 18.8 Å². The SMILES string of the molecule is NC(=O)Nc1cccc(C(=O)OCC(=O)c2ccc(F)cc2)c1. The summed E-state index contributed by atoms with van der Waals surface area (Å²) in [7, 11) is 0. The van der Waals surface area contributed by atoms with Crippen LogP contribution in [0.15, 0.2) is 48.5 Å². The molecular weight excluding hydrogens is 303 g/mol. The van der Waals surface area contributed by atoms with Gasteiger partial charge in [0.05, 0.1) is 5.56 Å². The second-order valence-corrected chi connectivity index (χ2v) is 4.58. The number of ketones is 1. The maximum atomic E-state index is 12.8. The lowest BCUT2D eigenvalue weighted by atomic mass is 10.1. The highest BCUT2D eigenvalue weighted by molar-refractivity contribution is 5.99. The van der Waals surface area contributed by atoms with E-state index in [0.717, 1.165) is 12.1 Å². The Morgan fingerprint density at radius 2 is 1.74 bits per heavy atom. The van der Waals surface area contributed by atoms with Gasteiger partial charge in [-0.15, -0.1) is 0 Å². The number of hydrogen-bond donors (Lipinski definition) is 2. The molecule has 0 saturated carbocycles. The fourth-order valence-corrected chi connectivity index (χ4v) is 1.80. The standard InChI is InChI=1S/C16H13FN2O4/c17-12-6-4-10(5-7-12)14(20)9-23-15(21)11-2-1-3-13(8-11)19-16(18)22/h1-8H,9H2,(H3,18,19,22). The number of nitrogens with one attached hydrogen (secondary N) is 1. The molecule has 2 aromatic rings. The molecule has 0 aliphatic carbocycles. The molecule has 2 rings (SSSR count). The van der Waals surface area contributed by atoms with Crippen LogP contribution in [0.3, 0.4) is 0 Å². The number of ether oxygens (including phenoxy) is 1. The van der Waals surface area contributed by atoms with Crippen molar-refractivity contribution in [1.29, 1.82) is 0 Å². The Hall–Kier alpha value is -3.22. The van der Waals surface area contributed by atoms with E-state index in [1.807, 2.05) is 0 Å². The maximum absolute atomic E-state index is 12.8. The van der Waals surface area contributed by atoms with E-state index >= 15 is 0 Å². The van der Waals surface area contributed by atoms with Crippen LogP contribution >= 0.6 is 0 Å². The summed E-state index contributed by atoms with van der Waals surface area (Å²) in [6.07, 6.45) is 0. The van der Waals surface area contributed by atoms with Gasteiger partial charge >= 0.3 is 12.0 Å². The van der Waals surface area contributed by atoms with Crippen LogP contribution in [-0.2, 0) is 4.74 Å². The van der Waals surface area contributed by atoms with Crippen molar-refractivity contribution in [3.8, 4) is 0 Å². The lowest BCUT2D eigenvalue weighted by Crippen LogP contribution is -2.19. The van der Waals surface area contributed by atoms with Crippen molar-refractivity contribution in [3.05, 3.63) is 65.5 Å². The minimum Gasteiger partial charge on any atom is -0.454 e. The van der Waals surface area contributed by atoms with Crippen LogP contribution < -0.4 is 11.1 Å². The van der Waals surface area contributed by atoms with Crippen LogP contribution in [0.5, 0.6) is 0 Å². The summed E-state index contributed by atoms with van der Waals surface area (Å²) in [4.78, 5) is 34.5. The first-order valence-electron chi connectivity index (χ1n) is 6.58. The van der Waals surface area contributed by atoms with E-state index < -0.39 is 30.2 Å². The van der Waals surface area contributed by atoms with Gasteiger partial charge in [-0.2, -0.15) is 0 Å². The fourth-order valence-electron chi connectivity index (χ4n) is 1.80. The van der Waals surface area contributed by atoms with E-state index in [2.05, 4.69) is 5.32 Å². The Bertz CT molecular complexity index is 744. The number of hydrogen-bond acceptors (Lipinski definition) is 4. The van der Waals surface area contributed by atoms with E-state index in [4.69, 9.17) is 10.5 Å². The summed E-state index contributed by atoms with van der Waals surface area (Å²) in [5, 5.41) is 2.32. The van der Waals surface area contributed by atoms with Crippen molar-refractivity contribution in [2.45, 2.75) is 0 Å². The highest BCUT2D eigenvalue weighted by Crippen LogP contribution is 2.12. The van der Waals surface area contributed by atoms with Crippen molar-refractivity contribution in [2.75, 3.05) is 11.9 Å². The molecule has 0 atom stereocenters. The molecule has 0 bridgehead atoms. The molecule has 2 amide bonds. The number of urea groups is 1. The topological polar surface area (TPSA) is 98.5 Å². The molecule has 0 fully saturated rings. The summed E-state index contributed by atoms with van der Waals surface area (Å²) >= 11 is 0. The first kappa shape index (κ1) is 16.2. The number of carbonyl (C=O) groups is 3. The van der Waals surface area contributed by atoms with Gasteiger partial charge < -0.3 is 15.8 Å². The predicted octanol–water partition coefficient (Wildman–Crippen LogP) is 2.36. The zero-order chi connectivity index (χ0) is 16.8. The molecule has 7 heteroatoms. The second-order valence-electron chi connectivity index (χ2n) is 4.58. The van der Waals surface area contributed by atoms with Crippen LogP contribution in [0, 0.1) is 5.82 Å². The summed E-state index contributed by atoms with van der Waals surface area (Å²) in [5.74, 6) is -1.64. The van der Waals surface area contributed by atoms with Crippen LogP contribution in [0.4, 0.5) is 14.9 Å². The molecule has 0 unspecified atom stereocenters. The molecule has 2 aromatic carbocycles. The Kier molecular flexibility index (Phi) is 5.03. The Labute approximate surface area is 131 Å². The number of carbonyl (C=O) groups excluding carboxylic acids is 3. The molecule has 0 aromatic heterocycles. The van der Waals surface area contributed by atoms with Gasteiger partial charge in [0, 0.05) is 11.3 Å². The molecule has 0 heterocycles. The van der Waals surface area contributed by atoms with Crippen molar-refractivity contribution in [2.24, 2.45) is 5.73 Å². The number of anilines is 1. The quantitative estimate of drug-likeness (QED) is 0.653. The molecule has 6 nitrogen and oxygen atoms in total. The number of Topliss-reactive ketones (excluding diaryl/α,β-unsaturated/α-hetero) is 1. The lowest BCUT2D eigenvalue weighted by molar-refractivity contribution is 0.0475. The maximum Gasteiger partial charge on any atom is 0.338 e. The zero-order valence-corrected chi connectivity index (χ0v) is 11.9. The molecule has 0 spiro atoms. The van der Waals surface area contributed by atoms with Crippen LogP contribution in [0.2, 0.25) is 0 Å². The average molecular weight is 316 g/mol. The summed E-state index contributed by atoms with van der Waals surface area (Å²) in [5.41, 5.74) is 5.71. The lowest BCUT2D eigenvalue weighted by Gasteiger charge is -2.06. The fraction of sp³-hybridized carbons (Fsp3) is 0.0625. The minimum absolute atomic E-state index is 0.156. The van der Waals surface area contributed by atoms with Gasteiger partial charge in [-0.1, -0.05) is 6.07 Å². The predicted molar refractivity (Wildman–Crippen MR) is 80.7 cm³/mol. The highest BCUT2D eigenvalue weighted by atomic mass is 19.1. The van der Waals surface area contributed by atoms with Crippen LogP contribution in [0.1, 0.15) is 20.7 Å². The van der Waals surface area contributed by atoms with Crippen molar-refractivity contribution >= 4 is 23.5 Å². The number of nitrogens with two attached hydrogens (primary N) is 1. The third-order valence-electron chi connectivity index (χ3n) is 2.87. The summed E-state index contributed by atoms with van der Waals surface area (Å²) in [6, 6.07) is 10.1. The molecular formula is C16H13FN2O4. The van der Waals surface area contributed by atoms with Crippen molar-refractivity contribution < 1.29 is 23.5 Å². The van der Waals surface area contributed by atoms with E-state index in [-0.39, 0.29) is 11.1 Å². The molecule has 0 aliphatic rings. The molecule has 0 aliphatic heterocycles. The minimum atomic E-state index is -0.762. The summed E-state index contributed by atoms with van der Waals surface area (Å²) < 4.78 is 17.7. The smallest absolute Gasteiger partial charge is 0.338 e. The summed E-state index contributed by atoms with van der Waals surface area (Å²) in [6.45, 7) is -0.474. The van der Waals surface area contributed by atoms with Crippen molar-refractivity contribution in [1.82, 2.24) is 0 Å². The van der Waals surface area contributed by atoms with E-state index in [1.54, 1.807) is 6.07 Å². The van der Waals surface area contributed by atoms with Gasteiger partial charge in [-0.25, -0.2) is 14.0 Å². The van der Waals surface area contributed by atoms with Gasteiger partial charge in [0.25, 0.3) is 0 Å². The normalized spacial score (nSPS) is 9.96. The van der Waals surface area contributed by atoms with E-state index in [1.165, 1.54) is 30.3 Å². The molecule has 23 heavy (non-hydrogen) atoms. The number of rotatable bonds is 5. The first-order valence-corrected chi connectivity index (χ1v) is 6.58. The Morgan fingerprint density at radius 1 is 1.04 bits per heavy atom. The largest absolute Gasteiger partial charge is 0.454 e. The van der Waals surface area contributed by atoms with Gasteiger partial charge in [0.1, 0.15) is 5.82 Å². The third-order valence-corrected chi connectivity index (χ3v) is 2.87. The molecule has 3 N–H and O–H groups in total. The zero-order valence-electron chi connectivity index (χ0n) is 11.9. The Balaban J connectivity index is 1.98. The van der Waals surface area contributed by atoms with Crippen LogP contribution in [0.25, 0.3) is 0 Å². The number of primary amides is 1. The second kappa shape index (κ2) is 7.17. The first-order chi connectivity index (χ1) is 11.0. The van der Waals surface area contributed by atoms with Gasteiger partial charge in [-0.05, 0) is 42.5 Å². The highest BCUT2D eigenvalue weighted by Gasteiger charge is 2.12. The number of halogens is 1. The van der Waals surface area contributed by atoms with E-state index in [0.29, 0.717) is 5.69 Å². The van der Waals surface area contributed by atoms with Gasteiger partial charge in [-0.3, -0.25) is 4.79 Å². The monoisotopic (exact) mass is 316 g/mol. The van der Waals surface area contributed by atoms with Gasteiger partial charge in [0.15, 0.2) is 12.4 Å². The average Bonchev–Trinajstić information content (AvgIpc) is 2.52. The number of amides is 2. The van der Waals surface area contributed by atoms with Crippen LogP contribution in [-0.4, -0.2) is 24.4 Å². The third kappa shape index (κ3) is 4.63.